The number of aliphatic hydroxyl groups is 5. The molecule has 0 aliphatic carbocycles. The van der Waals surface area contributed by atoms with Crippen molar-refractivity contribution in [2.45, 2.75) is 81.4 Å². The normalized spacial score (nSPS) is 26.4. The van der Waals surface area contributed by atoms with Crippen LogP contribution in [0.3, 0.4) is 0 Å². The summed E-state index contributed by atoms with van der Waals surface area (Å²) in [5.41, 5.74) is 1.69. The lowest BCUT2D eigenvalue weighted by atomic mass is 9.86. The number of nitrogens with one attached hydrogen (secondary N) is 1. The fraction of sp³-hybridized carbons (Fsp3) is 0.474. The van der Waals surface area contributed by atoms with E-state index in [9.17, 15) is 35.1 Å². The summed E-state index contributed by atoms with van der Waals surface area (Å²) in [5.74, 6) is 0.0563. The van der Waals surface area contributed by atoms with E-state index in [2.05, 4.69) is 18.4 Å². The van der Waals surface area contributed by atoms with E-state index in [1.807, 2.05) is 61.5 Å². The summed E-state index contributed by atoms with van der Waals surface area (Å²) in [6.07, 6.45) is -9.62. The van der Waals surface area contributed by atoms with Crippen molar-refractivity contribution in [3.63, 3.8) is 0 Å². The summed E-state index contributed by atoms with van der Waals surface area (Å²) in [4.78, 5) is 29.0. The molecule has 14 heteroatoms. The van der Waals surface area contributed by atoms with Crippen LogP contribution in [0.4, 0.5) is 5.69 Å². The minimum absolute atomic E-state index is 0.0968. The first kappa shape index (κ1) is 39.3. The van der Waals surface area contributed by atoms with Crippen LogP contribution in [-0.2, 0) is 25.6 Å². The molecule has 0 saturated carbocycles. The Bertz CT molecular complexity index is 1660. The Morgan fingerprint density at radius 1 is 0.942 bits per heavy atom. The summed E-state index contributed by atoms with van der Waals surface area (Å²) in [6.45, 7) is 6.83. The molecule has 2 aliphatic heterocycles. The van der Waals surface area contributed by atoms with Crippen LogP contribution in [-0.4, -0.2) is 115 Å². The van der Waals surface area contributed by atoms with Gasteiger partial charge in [-0.3, -0.25) is 9.59 Å². The molecule has 0 aromatic heterocycles. The Hall–Kier alpha value is -3.86. The first-order valence-corrected chi connectivity index (χ1v) is 20.5. The molecule has 1 saturated heterocycles. The van der Waals surface area contributed by atoms with Crippen molar-refractivity contribution in [2.75, 3.05) is 32.7 Å². The van der Waals surface area contributed by atoms with Gasteiger partial charge in [-0.05, 0) is 35.9 Å². The van der Waals surface area contributed by atoms with Gasteiger partial charge < -0.3 is 54.7 Å². The molecule has 2 amide bonds. The quantitative estimate of drug-likeness (QED) is 0.141. The Labute approximate surface area is 304 Å². The average Bonchev–Trinajstić information content (AvgIpc) is 3.14. The molecule has 3 aromatic rings. The summed E-state index contributed by atoms with van der Waals surface area (Å²) in [7, 11) is 0.673. The Kier molecular flexibility index (Phi) is 12.8. The Morgan fingerprint density at radius 2 is 1.63 bits per heavy atom. The molecule has 3 aromatic carbocycles. The van der Waals surface area contributed by atoms with Crippen LogP contribution in [0, 0.1) is 5.92 Å². The second-order valence-corrected chi connectivity index (χ2v) is 18.8. The number of carbonyl (C=O) groups is 2. The highest BCUT2D eigenvalue weighted by atomic mass is 28.3. The van der Waals surface area contributed by atoms with Crippen LogP contribution in [0.15, 0.2) is 72.8 Å². The highest BCUT2D eigenvalue weighted by molar-refractivity contribution is 6.91. The van der Waals surface area contributed by atoms with Gasteiger partial charge in [-0.2, -0.15) is 0 Å². The molecule has 1 unspecified atom stereocenters. The monoisotopic (exact) mass is 738 g/mol. The summed E-state index contributed by atoms with van der Waals surface area (Å²) >= 11 is 0. The fourth-order valence-electron chi connectivity index (χ4n) is 7.30. The van der Waals surface area contributed by atoms with Crippen molar-refractivity contribution in [3.05, 3.63) is 83.9 Å². The van der Waals surface area contributed by atoms with E-state index < -0.39 is 56.9 Å². The van der Waals surface area contributed by atoms with Gasteiger partial charge in [0, 0.05) is 49.3 Å². The van der Waals surface area contributed by atoms with E-state index in [4.69, 9.17) is 18.9 Å². The maximum absolute atomic E-state index is 14.2. The van der Waals surface area contributed by atoms with Crippen molar-refractivity contribution in [3.8, 4) is 11.5 Å². The third-order valence-electron chi connectivity index (χ3n) is 10.4. The molecule has 6 N–H and O–H groups in total. The molecule has 282 valence electrons. The van der Waals surface area contributed by atoms with Crippen LogP contribution in [0.25, 0.3) is 0 Å². The van der Waals surface area contributed by atoms with Gasteiger partial charge in [0.15, 0.2) is 12.4 Å². The second-order valence-electron chi connectivity index (χ2n) is 14.0. The molecule has 13 nitrogen and oxygen atoms in total. The molecular weight excluding hydrogens is 689 g/mol. The standard InChI is InChI=1S/C38H50N2O11Si/c1-22-34(49-3)27-19-24(39-37(46)36-32(44)31(43)33(45)38(47)51-36)11-16-28(27)50-35(22)29(52(4,5)26-14-12-25(48-2)13-15-26)20-30(42)40(17-18-41)21-23-9-7-6-8-10-23/h6-16,19,22,29,31-36,38,41,43-45,47H,17-18,20-21H2,1-5H3,(H,39,46)/t22-,29?,31+,32+,33-,34-,35-,36+,38-/m1/s1. The maximum Gasteiger partial charge on any atom is 0.256 e. The zero-order valence-corrected chi connectivity index (χ0v) is 31.1. The van der Waals surface area contributed by atoms with Gasteiger partial charge in [0.2, 0.25) is 5.91 Å². The number of benzene rings is 3. The van der Waals surface area contributed by atoms with Crippen LogP contribution >= 0.6 is 0 Å². The molecule has 2 aliphatic rings. The number of carbonyl (C=O) groups excluding carboxylic acids is 2. The predicted octanol–water partition coefficient (Wildman–Crippen LogP) is 1.92. The number of rotatable bonds is 13. The van der Waals surface area contributed by atoms with E-state index in [1.165, 1.54) is 0 Å². The van der Waals surface area contributed by atoms with Crippen LogP contribution in [0.5, 0.6) is 11.5 Å². The summed E-state index contributed by atoms with van der Waals surface area (Å²) < 4.78 is 23.4. The molecule has 9 atom stereocenters. The molecule has 1 fully saturated rings. The third-order valence-corrected chi connectivity index (χ3v) is 14.6. The van der Waals surface area contributed by atoms with Crippen molar-refractivity contribution in [2.24, 2.45) is 5.92 Å². The van der Waals surface area contributed by atoms with Crippen LogP contribution in [0.2, 0.25) is 18.6 Å². The van der Waals surface area contributed by atoms with Gasteiger partial charge in [-0.25, -0.2) is 0 Å². The number of anilines is 1. The molecule has 0 bridgehead atoms. The first-order valence-electron chi connectivity index (χ1n) is 17.4. The minimum Gasteiger partial charge on any atom is -0.497 e. The molecule has 0 spiro atoms. The van der Waals surface area contributed by atoms with E-state index in [0.717, 1.165) is 16.5 Å². The SMILES string of the molecule is COc1ccc([Si](C)(C)C(CC(=O)N(CCO)Cc2ccccc2)[C@@H]2Oc3ccc(NC(=O)[C@H]4O[C@@H](O)[C@H](O)[C@@H](O)[C@@H]4O)cc3[C@H](OC)[C@H]2C)cc1. The summed E-state index contributed by atoms with van der Waals surface area (Å²) in [5, 5.41) is 53.8. The number of nitrogens with zero attached hydrogens (tertiary/aromatic N) is 1. The maximum atomic E-state index is 14.2. The zero-order valence-electron chi connectivity index (χ0n) is 30.1. The van der Waals surface area contributed by atoms with Gasteiger partial charge >= 0.3 is 0 Å². The number of fused-ring (bicyclic) bond motifs is 1. The Balaban J connectivity index is 1.45. The van der Waals surface area contributed by atoms with Gasteiger partial charge in [0.25, 0.3) is 5.91 Å². The first-order chi connectivity index (χ1) is 24.8. The van der Waals surface area contributed by atoms with Crippen LogP contribution < -0.4 is 20.0 Å². The van der Waals surface area contributed by atoms with Crippen molar-refractivity contribution >= 4 is 30.8 Å². The fourth-order valence-corrected chi connectivity index (χ4v) is 10.6. The zero-order chi connectivity index (χ0) is 37.7. The van der Waals surface area contributed by atoms with Gasteiger partial charge in [-0.1, -0.05) is 67.7 Å². The van der Waals surface area contributed by atoms with Gasteiger partial charge in [0.1, 0.15) is 35.9 Å². The average molecular weight is 739 g/mol. The summed E-state index contributed by atoms with van der Waals surface area (Å²) in [6, 6.07) is 22.6. The van der Waals surface area contributed by atoms with Crippen molar-refractivity contribution < 1.29 is 54.1 Å². The highest BCUT2D eigenvalue weighted by Gasteiger charge is 2.49. The van der Waals surface area contributed by atoms with Gasteiger partial charge in [0.05, 0.1) is 27.9 Å². The molecule has 0 radical (unpaired) electrons. The predicted molar refractivity (Wildman–Crippen MR) is 195 cm³/mol. The lowest BCUT2D eigenvalue weighted by Gasteiger charge is -2.46. The largest absolute Gasteiger partial charge is 0.497 e. The topological polar surface area (TPSA) is 187 Å². The molecular formula is C38H50N2O11Si. The lowest BCUT2D eigenvalue weighted by molar-refractivity contribution is -0.274. The number of hydrogen-bond donors (Lipinski definition) is 6. The van der Waals surface area contributed by atoms with E-state index in [0.29, 0.717) is 23.5 Å². The highest BCUT2D eigenvalue weighted by Crippen LogP contribution is 2.48. The van der Waals surface area contributed by atoms with Crippen molar-refractivity contribution in [1.82, 2.24) is 4.90 Å². The second kappa shape index (κ2) is 16.9. The number of ether oxygens (including phenoxy) is 4. The minimum atomic E-state index is -2.54. The number of amides is 2. The molecule has 2 heterocycles. The number of hydrogen-bond acceptors (Lipinski definition) is 11. The third kappa shape index (κ3) is 8.34. The molecule has 52 heavy (non-hydrogen) atoms. The van der Waals surface area contributed by atoms with E-state index in [1.54, 1.807) is 37.3 Å². The van der Waals surface area contributed by atoms with Gasteiger partial charge in [-0.15, -0.1) is 0 Å². The van der Waals surface area contributed by atoms with E-state index >= 15 is 0 Å². The lowest BCUT2D eigenvalue weighted by Crippen LogP contribution is -2.60. The van der Waals surface area contributed by atoms with Crippen molar-refractivity contribution in [1.29, 1.82) is 0 Å². The Morgan fingerprint density at radius 3 is 2.27 bits per heavy atom. The van der Waals surface area contributed by atoms with Crippen LogP contribution in [0.1, 0.15) is 30.6 Å². The number of aliphatic hydroxyl groups excluding tert-OH is 5. The number of methoxy groups -OCH3 is 2. The van der Waals surface area contributed by atoms with E-state index in [-0.39, 0.29) is 36.9 Å². The molecule has 5 rings (SSSR count). The smallest absolute Gasteiger partial charge is 0.256 e.